The molecule has 0 aliphatic heterocycles. The van der Waals surface area contributed by atoms with E-state index >= 15 is 0 Å². The lowest BCUT2D eigenvalue weighted by Gasteiger charge is -2.28. The first-order chi connectivity index (χ1) is 10.1. The molecule has 0 radical (unpaired) electrons. The number of benzene rings is 1. The maximum atomic E-state index is 12.9. The number of halogens is 1. The highest BCUT2D eigenvalue weighted by Gasteiger charge is 2.34. The zero-order valence-corrected chi connectivity index (χ0v) is 12.9. The van der Waals surface area contributed by atoms with Gasteiger partial charge >= 0.3 is 0 Å². The van der Waals surface area contributed by atoms with Crippen LogP contribution in [0.15, 0.2) is 24.3 Å². The van der Waals surface area contributed by atoms with Crippen LogP contribution in [-0.2, 0) is 0 Å². The maximum Gasteiger partial charge on any atom is 0.123 e. The fraction of sp³-hybridized carbons (Fsp3) is 0.588. The number of nitriles is 1. The topological polar surface area (TPSA) is 39.1 Å². The van der Waals surface area contributed by atoms with Gasteiger partial charge in [0.25, 0.3) is 0 Å². The summed E-state index contributed by atoms with van der Waals surface area (Å²) in [5.41, 5.74) is 0.621. The fourth-order valence-corrected chi connectivity index (χ4v) is 2.58. The highest BCUT2D eigenvalue weighted by Crippen LogP contribution is 2.27. The van der Waals surface area contributed by atoms with Gasteiger partial charge in [-0.2, -0.15) is 5.26 Å². The Morgan fingerprint density at radius 2 is 2.05 bits per heavy atom. The Hall–Kier alpha value is -1.60. The van der Waals surface area contributed by atoms with Gasteiger partial charge in [0, 0.05) is 25.3 Å². The Labute approximate surface area is 126 Å². The quantitative estimate of drug-likeness (QED) is 0.796. The van der Waals surface area contributed by atoms with Gasteiger partial charge in [0.15, 0.2) is 0 Å². The summed E-state index contributed by atoms with van der Waals surface area (Å²) in [6.07, 6.45) is 5.01. The Morgan fingerprint density at radius 1 is 1.38 bits per heavy atom. The molecule has 0 saturated heterocycles. The third-order valence-corrected chi connectivity index (χ3v) is 4.24. The Morgan fingerprint density at radius 3 is 2.57 bits per heavy atom. The average Bonchev–Trinajstić information content (AvgIpc) is 3.30. The van der Waals surface area contributed by atoms with Gasteiger partial charge in [-0.1, -0.05) is 6.92 Å². The van der Waals surface area contributed by atoms with Gasteiger partial charge in [-0.3, -0.25) is 5.32 Å². The Kier molecular flexibility index (Phi) is 5.19. The summed E-state index contributed by atoms with van der Waals surface area (Å²) >= 11 is 0. The van der Waals surface area contributed by atoms with Crippen molar-refractivity contribution in [3.63, 3.8) is 0 Å². The van der Waals surface area contributed by atoms with Crippen molar-refractivity contribution in [1.82, 2.24) is 5.32 Å². The second kappa shape index (κ2) is 6.91. The maximum absolute atomic E-state index is 12.9. The van der Waals surface area contributed by atoms with Gasteiger partial charge in [0.05, 0.1) is 6.07 Å². The first-order valence-corrected chi connectivity index (χ1v) is 7.74. The van der Waals surface area contributed by atoms with Crippen molar-refractivity contribution >= 4 is 5.69 Å². The van der Waals surface area contributed by atoms with Crippen LogP contribution in [0.25, 0.3) is 0 Å². The van der Waals surface area contributed by atoms with Crippen LogP contribution in [0.1, 0.15) is 39.0 Å². The number of nitrogens with one attached hydrogen (secondary N) is 1. The van der Waals surface area contributed by atoms with Crippen LogP contribution in [0.4, 0.5) is 10.1 Å². The Bertz CT molecular complexity index is 490. The van der Waals surface area contributed by atoms with Crippen LogP contribution in [-0.4, -0.2) is 25.2 Å². The highest BCUT2D eigenvalue weighted by molar-refractivity contribution is 5.45. The van der Waals surface area contributed by atoms with Crippen molar-refractivity contribution in [1.29, 1.82) is 5.26 Å². The number of rotatable bonds is 8. The number of hydrogen-bond donors (Lipinski definition) is 1. The third-order valence-electron chi connectivity index (χ3n) is 4.24. The van der Waals surface area contributed by atoms with E-state index in [4.69, 9.17) is 0 Å². The minimum absolute atomic E-state index is 0.213. The molecule has 4 heteroatoms. The van der Waals surface area contributed by atoms with Crippen molar-refractivity contribution in [2.24, 2.45) is 0 Å². The molecule has 1 aromatic carbocycles. The average molecular weight is 289 g/mol. The van der Waals surface area contributed by atoms with E-state index in [2.05, 4.69) is 23.2 Å². The molecule has 1 unspecified atom stereocenters. The molecular weight excluding hydrogens is 265 g/mol. The molecule has 1 atom stereocenters. The summed E-state index contributed by atoms with van der Waals surface area (Å²) in [6.45, 7) is 2.93. The van der Waals surface area contributed by atoms with E-state index in [-0.39, 0.29) is 11.4 Å². The molecule has 114 valence electrons. The smallest absolute Gasteiger partial charge is 0.123 e. The van der Waals surface area contributed by atoms with Crippen molar-refractivity contribution in [3.8, 4) is 6.07 Å². The standard InChI is InChI=1S/C17H24FN3/c1-3-17(13-19,20-15-7-8-15)11-4-12-21(2)16-9-5-14(18)6-10-16/h5-6,9-10,15,20H,3-4,7-8,11-12H2,1-2H3. The molecule has 1 saturated carbocycles. The number of anilines is 1. The zero-order valence-electron chi connectivity index (χ0n) is 12.9. The molecule has 0 aromatic heterocycles. The molecule has 21 heavy (non-hydrogen) atoms. The van der Waals surface area contributed by atoms with E-state index in [1.165, 1.54) is 25.0 Å². The summed E-state index contributed by atoms with van der Waals surface area (Å²) in [4.78, 5) is 2.11. The predicted octanol–water partition coefficient (Wildman–Crippen LogP) is 3.47. The van der Waals surface area contributed by atoms with Crippen LogP contribution in [0.5, 0.6) is 0 Å². The van der Waals surface area contributed by atoms with Gasteiger partial charge in [-0.05, 0) is 56.4 Å². The number of nitrogens with zero attached hydrogens (tertiary/aromatic N) is 2. The lowest BCUT2D eigenvalue weighted by atomic mass is 9.91. The molecule has 0 heterocycles. The first-order valence-electron chi connectivity index (χ1n) is 7.74. The van der Waals surface area contributed by atoms with Gasteiger partial charge < -0.3 is 4.90 Å². The minimum atomic E-state index is -0.384. The van der Waals surface area contributed by atoms with E-state index in [9.17, 15) is 9.65 Å². The van der Waals surface area contributed by atoms with Gasteiger partial charge in [-0.25, -0.2) is 4.39 Å². The van der Waals surface area contributed by atoms with E-state index in [1.54, 1.807) is 12.1 Å². The molecule has 2 rings (SSSR count). The summed E-state index contributed by atoms with van der Waals surface area (Å²) < 4.78 is 12.9. The van der Waals surface area contributed by atoms with E-state index in [1.807, 2.05) is 7.05 Å². The molecule has 0 spiro atoms. The molecule has 3 nitrogen and oxygen atoms in total. The largest absolute Gasteiger partial charge is 0.375 e. The minimum Gasteiger partial charge on any atom is -0.375 e. The van der Waals surface area contributed by atoms with Crippen molar-refractivity contribution < 1.29 is 4.39 Å². The molecule has 1 aliphatic carbocycles. The molecule has 1 fully saturated rings. The van der Waals surface area contributed by atoms with Crippen LogP contribution < -0.4 is 10.2 Å². The monoisotopic (exact) mass is 289 g/mol. The van der Waals surface area contributed by atoms with E-state index < -0.39 is 0 Å². The fourth-order valence-electron chi connectivity index (χ4n) is 2.58. The van der Waals surface area contributed by atoms with Crippen LogP contribution in [0, 0.1) is 17.1 Å². The van der Waals surface area contributed by atoms with Crippen molar-refractivity contribution in [3.05, 3.63) is 30.1 Å². The van der Waals surface area contributed by atoms with Crippen molar-refractivity contribution in [2.75, 3.05) is 18.5 Å². The second-order valence-electron chi connectivity index (χ2n) is 5.97. The number of hydrogen-bond acceptors (Lipinski definition) is 3. The van der Waals surface area contributed by atoms with Crippen LogP contribution >= 0.6 is 0 Å². The molecule has 0 amide bonds. The molecule has 1 N–H and O–H groups in total. The van der Waals surface area contributed by atoms with Crippen molar-refractivity contribution in [2.45, 2.75) is 50.6 Å². The lowest BCUT2D eigenvalue weighted by molar-refractivity contribution is 0.362. The van der Waals surface area contributed by atoms with E-state index in [0.717, 1.165) is 31.5 Å². The van der Waals surface area contributed by atoms with Crippen LogP contribution in [0.3, 0.4) is 0 Å². The molecule has 1 aromatic rings. The van der Waals surface area contributed by atoms with Crippen LogP contribution in [0.2, 0.25) is 0 Å². The molecule has 1 aliphatic rings. The summed E-state index contributed by atoms with van der Waals surface area (Å²) in [5.74, 6) is -0.213. The third kappa shape index (κ3) is 4.44. The highest BCUT2D eigenvalue weighted by atomic mass is 19.1. The Balaban J connectivity index is 1.83. The summed E-state index contributed by atoms with van der Waals surface area (Å²) in [6, 6.07) is 9.55. The molecular formula is C17H24FN3. The lowest BCUT2D eigenvalue weighted by Crippen LogP contribution is -2.45. The van der Waals surface area contributed by atoms with E-state index in [0.29, 0.717) is 6.04 Å². The summed E-state index contributed by atoms with van der Waals surface area (Å²) in [5, 5.41) is 13.0. The van der Waals surface area contributed by atoms with Gasteiger partial charge in [-0.15, -0.1) is 0 Å². The van der Waals surface area contributed by atoms with Gasteiger partial charge in [0.1, 0.15) is 11.4 Å². The second-order valence-corrected chi connectivity index (χ2v) is 5.97. The zero-order chi connectivity index (χ0) is 15.3. The first kappa shape index (κ1) is 15.8. The predicted molar refractivity (Wildman–Crippen MR) is 83.7 cm³/mol. The molecule has 0 bridgehead atoms. The van der Waals surface area contributed by atoms with Gasteiger partial charge in [0.2, 0.25) is 0 Å². The normalized spacial score (nSPS) is 17.0. The summed E-state index contributed by atoms with van der Waals surface area (Å²) in [7, 11) is 2.00. The SMILES string of the molecule is CCC(C#N)(CCCN(C)c1ccc(F)cc1)NC1CC1.